The predicted molar refractivity (Wildman–Crippen MR) is 107 cm³/mol. The number of hydrogen-bond acceptors (Lipinski definition) is 3. The molecule has 3 rings (SSSR count). The van der Waals surface area contributed by atoms with Gasteiger partial charge in [0.05, 0.1) is 6.04 Å². The van der Waals surface area contributed by atoms with E-state index < -0.39 is 0 Å². The van der Waals surface area contributed by atoms with Gasteiger partial charge in [-0.3, -0.25) is 9.69 Å². The van der Waals surface area contributed by atoms with Crippen molar-refractivity contribution in [1.29, 1.82) is 0 Å². The highest BCUT2D eigenvalue weighted by Gasteiger charge is 2.37. The van der Waals surface area contributed by atoms with Crippen molar-refractivity contribution in [2.24, 2.45) is 0 Å². The Kier molecular flexibility index (Phi) is 7.09. The Morgan fingerprint density at radius 3 is 2.42 bits per heavy atom. The number of amides is 1. The molecule has 2 fully saturated rings. The normalized spacial score (nSPS) is 25.3. The molecule has 1 amide bonds. The standard InChI is InChI=1S/C22H35N3O/c1-17(2)23-22(26)21-14-20(24-19-12-8-3-4-9-13-19)16-25(21)15-18-10-6-5-7-11-18/h5-7,10-11,17,19-21,24H,3-4,8-9,12-16H2,1-2H3,(H,23,26)/t20-,21+/m1/s1. The molecule has 1 saturated carbocycles. The molecule has 2 atom stereocenters. The van der Waals surface area contributed by atoms with Crippen LogP contribution in [0.1, 0.15) is 64.4 Å². The lowest BCUT2D eigenvalue weighted by molar-refractivity contribution is -0.126. The largest absolute Gasteiger partial charge is 0.353 e. The SMILES string of the molecule is CC(C)NC(=O)[C@@H]1C[C@@H](NC2CCCCCC2)CN1Cc1ccccc1. The van der Waals surface area contributed by atoms with Crippen molar-refractivity contribution in [2.45, 2.75) is 89.5 Å². The van der Waals surface area contributed by atoms with Crippen LogP contribution in [0.5, 0.6) is 0 Å². The number of likely N-dealkylation sites (tertiary alicyclic amines) is 1. The molecule has 4 nitrogen and oxygen atoms in total. The lowest BCUT2D eigenvalue weighted by Crippen LogP contribution is -2.45. The van der Waals surface area contributed by atoms with E-state index in [0.29, 0.717) is 12.1 Å². The van der Waals surface area contributed by atoms with Gasteiger partial charge in [0.25, 0.3) is 0 Å². The highest BCUT2D eigenvalue weighted by Crippen LogP contribution is 2.24. The van der Waals surface area contributed by atoms with Crippen molar-refractivity contribution in [3.05, 3.63) is 35.9 Å². The van der Waals surface area contributed by atoms with Gasteiger partial charge in [-0.1, -0.05) is 56.0 Å². The van der Waals surface area contributed by atoms with Gasteiger partial charge in [0, 0.05) is 31.2 Å². The first-order valence-electron chi connectivity index (χ1n) is 10.5. The fourth-order valence-corrected chi connectivity index (χ4v) is 4.45. The molecule has 0 spiro atoms. The molecule has 2 aliphatic rings. The minimum absolute atomic E-state index is 0.0270. The summed E-state index contributed by atoms with van der Waals surface area (Å²) in [5.74, 6) is 0.182. The first-order chi connectivity index (χ1) is 12.6. The van der Waals surface area contributed by atoms with E-state index in [9.17, 15) is 4.79 Å². The molecule has 26 heavy (non-hydrogen) atoms. The Labute approximate surface area is 158 Å². The van der Waals surface area contributed by atoms with Crippen LogP contribution < -0.4 is 10.6 Å². The minimum Gasteiger partial charge on any atom is -0.353 e. The highest BCUT2D eigenvalue weighted by atomic mass is 16.2. The second-order valence-electron chi connectivity index (χ2n) is 8.38. The Morgan fingerprint density at radius 2 is 1.77 bits per heavy atom. The molecule has 0 bridgehead atoms. The van der Waals surface area contributed by atoms with Crippen LogP contribution in [0.3, 0.4) is 0 Å². The summed E-state index contributed by atoms with van der Waals surface area (Å²) in [5.41, 5.74) is 1.28. The van der Waals surface area contributed by atoms with Gasteiger partial charge >= 0.3 is 0 Å². The van der Waals surface area contributed by atoms with E-state index in [-0.39, 0.29) is 18.0 Å². The zero-order valence-corrected chi connectivity index (χ0v) is 16.4. The van der Waals surface area contributed by atoms with Crippen molar-refractivity contribution in [3.8, 4) is 0 Å². The van der Waals surface area contributed by atoms with Crippen LogP contribution in [0.2, 0.25) is 0 Å². The summed E-state index contributed by atoms with van der Waals surface area (Å²) < 4.78 is 0. The molecule has 0 unspecified atom stereocenters. The van der Waals surface area contributed by atoms with E-state index >= 15 is 0 Å². The van der Waals surface area contributed by atoms with E-state index in [1.165, 1.54) is 44.1 Å². The van der Waals surface area contributed by atoms with E-state index in [1.54, 1.807) is 0 Å². The van der Waals surface area contributed by atoms with Gasteiger partial charge in [0.2, 0.25) is 5.91 Å². The summed E-state index contributed by atoms with van der Waals surface area (Å²) in [5, 5.41) is 7.02. The summed E-state index contributed by atoms with van der Waals surface area (Å²) in [4.78, 5) is 15.1. The van der Waals surface area contributed by atoms with Crippen LogP contribution >= 0.6 is 0 Å². The fourth-order valence-electron chi connectivity index (χ4n) is 4.45. The van der Waals surface area contributed by atoms with E-state index in [2.05, 4.69) is 39.8 Å². The number of hydrogen-bond donors (Lipinski definition) is 2. The van der Waals surface area contributed by atoms with Crippen molar-refractivity contribution in [2.75, 3.05) is 6.54 Å². The van der Waals surface area contributed by atoms with Gasteiger partial charge in [-0.05, 0) is 38.7 Å². The average Bonchev–Trinajstić information content (AvgIpc) is 2.82. The zero-order chi connectivity index (χ0) is 18.4. The Bertz CT molecular complexity index is 552. The quantitative estimate of drug-likeness (QED) is 0.766. The molecule has 1 aliphatic heterocycles. The number of carbonyl (C=O) groups is 1. The first-order valence-corrected chi connectivity index (χ1v) is 10.5. The van der Waals surface area contributed by atoms with Crippen molar-refractivity contribution < 1.29 is 4.79 Å². The highest BCUT2D eigenvalue weighted by molar-refractivity contribution is 5.82. The van der Waals surface area contributed by atoms with Crippen LogP contribution in [-0.2, 0) is 11.3 Å². The molecule has 1 aliphatic carbocycles. The molecular weight excluding hydrogens is 322 g/mol. The summed E-state index contributed by atoms with van der Waals surface area (Å²) >= 11 is 0. The second-order valence-corrected chi connectivity index (χ2v) is 8.38. The van der Waals surface area contributed by atoms with Crippen LogP contribution in [0, 0.1) is 0 Å². The number of carbonyl (C=O) groups excluding carboxylic acids is 1. The summed E-state index contributed by atoms with van der Waals surface area (Å²) in [7, 11) is 0. The molecule has 1 aromatic carbocycles. The number of benzene rings is 1. The van der Waals surface area contributed by atoms with Gasteiger partial charge in [0.15, 0.2) is 0 Å². The third-order valence-electron chi connectivity index (χ3n) is 5.69. The Hall–Kier alpha value is -1.39. The third-order valence-corrected chi connectivity index (χ3v) is 5.69. The van der Waals surface area contributed by atoms with E-state index in [0.717, 1.165) is 19.5 Å². The first kappa shape index (κ1) is 19.4. The summed E-state index contributed by atoms with van der Waals surface area (Å²) in [6.07, 6.45) is 8.94. The molecular formula is C22H35N3O. The van der Waals surface area contributed by atoms with Gasteiger partial charge in [-0.2, -0.15) is 0 Å². The number of nitrogens with one attached hydrogen (secondary N) is 2. The maximum Gasteiger partial charge on any atom is 0.237 e. The number of rotatable bonds is 6. The smallest absolute Gasteiger partial charge is 0.237 e. The molecule has 0 radical (unpaired) electrons. The van der Waals surface area contributed by atoms with Crippen LogP contribution in [0.15, 0.2) is 30.3 Å². The van der Waals surface area contributed by atoms with Crippen LogP contribution in [0.25, 0.3) is 0 Å². The maximum absolute atomic E-state index is 12.8. The van der Waals surface area contributed by atoms with Crippen molar-refractivity contribution in [3.63, 3.8) is 0 Å². The number of nitrogens with zero attached hydrogens (tertiary/aromatic N) is 1. The maximum atomic E-state index is 12.8. The van der Waals surface area contributed by atoms with Crippen LogP contribution in [-0.4, -0.2) is 41.5 Å². The minimum atomic E-state index is -0.0270. The fraction of sp³-hybridized carbons (Fsp3) is 0.682. The molecule has 144 valence electrons. The average molecular weight is 358 g/mol. The van der Waals surface area contributed by atoms with Gasteiger partial charge < -0.3 is 10.6 Å². The molecule has 1 aromatic rings. The molecule has 0 aromatic heterocycles. The lowest BCUT2D eigenvalue weighted by Gasteiger charge is -2.24. The molecule has 1 saturated heterocycles. The molecule has 2 N–H and O–H groups in total. The predicted octanol–water partition coefficient (Wildman–Crippen LogP) is 3.47. The lowest BCUT2D eigenvalue weighted by atomic mass is 10.1. The van der Waals surface area contributed by atoms with Crippen LogP contribution in [0.4, 0.5) is 0 Å². The third kappa shape index (κ3) is 5.55. The van der Waals surface area contributed by atoms with Crippen molar-refractivity contribution in [1.82, 2.24) is 15.5 Å². The molecule has 1 heterocycles. The zero-order valence-electron chi connectivity index (χ0n) is 16.4. The van der Waals surface area contributed by atoms with Gasteiger partial charge in [-0.15, -0.1) is 0 Å². The summed E-state index contributed by atoms with van der Waals surface area (Å²) in [6.45, 7) is 5.88. The monoisotopic (exact) mass is 357 g/mol. The summed E-state index contributed by atoms with van der Waals surface area (Å²) in [6, 6.07) is 11.7. The van der Waals surface area contributed by atoms with Gasteiger partial charge in [-0.25, -0.2) is 0 Å². The topological polar surface area (TPSA) is 44.4 Å². The van der Waals surface area contributed by atoms with Crippen molar-refractivity contribution >= 4 is 5.91 Å². The Balaban J connectivity index is 1.64. The van der Waals surface area contributed by atoms with E-state index in [4.69, 9.17) is 0 Å². The van der Waals surface area contributed by atoms with Gasteiger partial charge in [0.1, 0.15) is 0 Å². The van der Waals surface area contributed by atoms with E-state index in [1.807, 2.05) is 19.9 Å². The second kappa shape index (κ2) is 9.52. The Morgan fingerprint density at radius 1 is 1.08 bits per heavy atom. The molecule has 4 heteroatoms.